The number of nitrogens with one attached hydrogen (secondary N) is 2. The van der Waals surface area contributed by atoms with Crippen molar-refractivity contribution in [3.8, 4) is 0 Å². The molecular formula is C15H19N3O3. The van der Waals surface area contributed by atoms with Crippen molar-refractivity contribution in [2.75, 3.05) is 23.7 Å². The molecule has 0 saturated carbocycles. The number of fused-ring (bicyclic) bond motifs is 1. The third-order valence-electron chi connectivity index (χ3n) is 4.27. The van der Waals surface area contributed by atoms with Crippen LogP contribution in [0.25, 0.3) is 0 Å². The number of rotatable bonds is 1. The van der Waals surface area contributed by atoms with Gasteiger partial charge < -0.3 is 20.6 Å². The van der Waals surface area contributed by atoms with Gasteiger partial charge in [0.25, 0.3) is 5.91 Å². The maximum Gasteiger partial charge on any atom is 0.251 e. The largest absolute Gasteiger partial charge is 0.384 e. The molecule has 1 aromatic carbocycles. The van der Waals surface area contributed by atoms with E-state index in [-0.39, 0.29) is 11.8 Å². The van der Waals surface area contributed by atoms with Crippen LogP contribution in [0.15, 0.2) is 24.3 Å². The van der Waals surface area contributed by atoms with E-state index in [4.69, 9.17) is 0 Å². The number of carbonyl (C=O) groups is 2. The van der Waals surface area contributed by atoms with E-state index in [1.54, 1.807) is 4.90 Å². The van der Waals surface area contributed by atoms with Gasteiger partial charge in [0.1, 0.15) is 11.6 Å². The number of aliphatic hydroxyl groups is 1. The number of anilines is 2. The number of amides is 2. The Balaban J connectivity index is 1.76. The minimum absolute atomic E-state index is 0.0506. The average Bonchev–Trinajstić information content (AvgIpc) is 2.48. The van der Waals surface area contributed by atoms with Gasteiger partial charge in [-0.05, 0) is 31.9 Å². The summed E-state index contributed by atoms with van der Waals surface area (Å²) >= 11 is 0. The second-order valence-electron chi connectivity index (χ2n) is 5.71. The van der Waals surface area contributed by atoms with Gasteiger partial charge in [-0.2, -0.15) is 0 Å². The highest BCUT2D eigenvalue weighted by molar-refractivity contribution is 6.06. The second kappa shape index (κ2) is 5.04. The minimum atomic E-state index is -0.993. The zero-order valence-corrected chi connectivity index (χ0v) is 11.9. The van der Waals surface area contributed by atoms with Crippen LogP contribution in [0.4, 0.5) is 11.4 Å². The van der Waals surface area contributed by atoms with Gasteiger partial charge in [-0.25, -0.2) is 0 Å². The van der Waals surface area contributed by atoms with Crippen LogP contribution in [-0.2, 0) is 9.59 Å². The summed E-state index contributed by atoms with van der Waals surface area (Å²) in [5.41, 5.74) is 1.03. The van der Waals surface area contributed by atoms with Crippen molar-refractivity contribution in [2.24, 2.45) is 0 Å². The molecule has 6 nitrogen and oxygen atoms in total. The molecule has 112 valence electrons. The first-order valence-corrected chi connectivity index (χ1v) is 7.17. The Bertz CT molecular complexity index is 577. The van der Waals surface area contributed by atoms with Crippen molar-refractivity contribution in [2.45, 2.75) is 31.4 Å². The predicted octanol–water partition coefficient (Wildman–Crippen LogP) is 0.793. The van der Waals surface area contributed by atoms with E-state index < -0.39 is 11.6 Å². The Kier molecular flexibility index (Phi) is 3.33. The number of likely N-dealkylation sites (tertiary alicyclic amines) is 1. The lowest BCUT2D eigenvalue weighted by atomic mass is 9.84. The first kappa shape index (κ1) is 13.9. The third-order valence-corrected chi connectivity index (χ3v) is 4.27. The van der Waals surface area contributed by atoms with Gasteiger partial charge in [0.05, 0.1) is 11.4 Å². The molecule has 0 aromatic heterocycles. The minimum Gasteiger partial charge on any atom is -0.384 e. The number of nitrogens with zero attached hydrogens (tertiary/aromatic N) is 1. The van der Waals surface area contributed by atoms with Crippen molar-refractivity contribution in [1.29, 1.82) is 0 Å². The standard InChI is InChI=1S/C15H19N3O3/c1-10(19)13(20)18-8-6-15(7-9-18)14(21)16-11-4-2-3-5-12(11)17-15/h2-5,10,17,19H,6-9H2,1H3,(H,16,21)/t10-/m0/s1. The molecule has 2 aliphatic heterocycles. The fourth-order valence-corrected chi connectivity index (χ4v) is 2.98. The van der Waals surface area contributed by atoms with E-state index in [1.807, 2.05) is 24.3 Å². The summed E-state index contributed by atoms with van der Waals surface area (Å²) in [7, 11) is 0. The summed E-state index contributed by atoms with van der Waals surface area (Å²) in [6.45, 7) is 2.40. The second-order valence-corrected chi connectivity index (χ2v) is 5.71. The highest BCUT2D eigenvalue weighted by Crippen LogP contribution is 2.36. The first-order valence-electron chi connectivity index (χ1n) is 7.17. The van der Waals surface area contributed by atoms with Crippen LogP contribution in [0.3, 0.4) is 0 Å². The lowest BCUT2D eigenvalue weighted by Gasteiger charge is -2.44. The number of aliphatic hydroxyl groups excluding tert-OH is 1. The molecule has 0 aliphatic carbocycles. The first-order chi connectivity index (χ1) is 10.0. The van der Waals surface area contributed by atoms with Crippen molar-refractivity contribution in [3.63, 3.8) is 0 Å². The molecule has 1 fully saturated rings. The number of piperidine rings is 1. The summed E-state index contributed by atoms with van der Waals surface area (Å²) in [4.78, 5) is 25.8. The Morgan fingerprint density at radius 1 is 1.29 bits per heavy atom. The fraction of sp³-hybridized carbons (Fsp3) is 0.467. The molecule has 0 unspecified atom stereocenters. The molecule has 2 heterocycles. The van der Waals surface area contributed by atoms with Crippen LogP contribution < -0.4 is 10.6 Å². The Morgan fingerprint density at radius 2 is 1.90 bits per heavy atom. The number of hydrogen-bond donors (Lipinski definition) is 3. The predicted molar refractivity (Wildman–Crippen MR) is 78.9 cm³/mol. The van der Waals surface area contributed by atoms with Gasteiger partial charge in [-0.3, -0.25) is 9.59 Å². The molecule has 1 aromatic rings. The van der Waals surface area contributed by atoms with E-state index in [9.17, 15) is 14.7 Å². The monoisotopic (exact) mass is 289 g/mol. The molecule has 3 rings (SSSR count). The summed E-state index contributed by atoms with van der Waals surface area (Å²) in [6, 6.07) is 7.59. The van der Waals surface area contributed by atoms with Crippen LogP contribution in [-0.4, -0.2) is 46.6 Å². The number of hydrogen-bond acceptors (Lipinski definition) is 4. The van der Waals surface area contributed by atoms with Crippen molar-refractivity contribution >= 4 is 23.2 Å². The SMILES string of the molecule is C[C@H](O)C(=O)N1CCC2(CC1)Nc1ccccc1NC2=O. The van der Waals surface area contributed by atoms with Crippen LogP contribution in [0.5, 0.6) is 0 Å². The van der Waals surface area contributed by atoms with E-state index >= 15 is 0 Å². The van der Waals surface area contributed by atoms with Crippen molar-refractivity contribution in [1.82, 2.24) is 4.90 Å². The van der Waals surface area contributed by atoms with Gasteiger partial charge in [-0.15, -0.1) is 0 Å². The molecule has 1 spiro atoms. The van der Waals surface area contributed by atoms with Crippen LogP contribution >= 0.6 is 0 Å². The third kappa shape index (κ3) is 2.35. The molecule has 1 atom stereocenters. The molecule has 2 amide bonds. The molecular weight excluding hydrogens is 270 g/mol. The van der Waals surface area contributed by atoms with Gasteiger partial charge in [0.2, 0.25) is 5.91 Å². The lowest BCUT2D eigenvalue weighted by Crippen LogP contribution is -2.59. The highest BCUT2D eigenvalue weighted by Gasteiger charge is 2.45. The summed E-state index contributed by atoms with van der Waals surface area (Å²) in [6.07, 6.45) is 0.0741. The van der Waals surface area contributed by atoms with Gasteiger partial charge in [0.15, 0.2) is 0 Å². The lowest BCUT2D eigenvalue weighted by molar-refractivity contribution is -0.142. The molecule has 3 N–H and O–H groups in total. The van der Waals surface area contributed by atoms with Crippen molar-refractivity contribution in [3.05, 3.63) is 24.3 Å². The maximum absolute atomic E-state index is 12.4. The van der Waals surface area contributed by atoms with E-state index in [0.717, 1.165) is 11.4 Å². The van der Waals surface area contributed by atoms with Gasteiger partial charge in [-0.1, -0.05) is 12.1 Å². The summed E-state index contributed by atoms with van der Waals surface area (Å²) in [5.74, 6) is -0.327. The van der Waals surface area contributed by atoms with E-state index in [1.165, 1.54) is 6.92 Å². The summed E-state index contributed by atoms with van der Waals surface area (Å²) in [5, 5.41) is 15.6. The summed E-state index contributed by atoms with van der Waals surface area (Å²) < 4.78 is 0. The van der Waals surface area contributed by atoms with Crippen LogP contribution in [0.1, 0.15) is 19.8 Å². The van der Waals surface area contributed by atoms with Crippen LogP contribution in [0, 0.1) is 0 Å². The fourth-order valence-electron chi connectivity index (χ4n) is 2.98. The van der Waals surface area contributed by atoms with Gasteiger partial charge >= 0.3 is 0 Å². The topological polar surface area (TPSA) is 81.7 Å². The van der Waals surface area contributed by atoms with E-state index in [2.05, 4.69) is 10.6 Å². The quantitative estimate of drug-likeness (QED) is 0.714. The van der Waals surface area contributed by atoms with Crippen molar-refractivity contribution < 1.29 is 14.7 Å². The zero-order chi connectivity index (χ0) is 15.0. The molecule has 0 bridgehead atoms. The Labute approximate surface area is 123 Å². The molecule has 0 radical (unpaired) electrons. The number of benzene rings is 1. The number of carbonyl (C=O) groups excluding carboxylic acids is 2. The Hall–Kier alpha value is -2.08. The molecule has 2 aliphatic rings. The average molecular weight is 289 g/mol. The highest BCUT2D eigenvalue weighted by atomic mass is 16.3. The molecule has 21 heavy (non-hydrogen) atoms. The Morgan fingerprint density at radius 3 is 2.52 bits per heavy atom. The van der Waals surface area contributed by atoms with Crippen LogP contribution in [0.2, 0.25) is 0 Å². The molecule has 1 saturated heterocycles. The number of para-hydroxylation sites is 2. The normalized spacial score (nSPS) is 21.2. The smallest absolute Gasteiger partial charge is 0.251 e. The van der Waals surface area contributed by atoms with E-state index in [0.29, 0.717) is 25.9 Å². The molecule has 6 heteroatoms. The maximum atomic E-state index is 12.4. The zero-order valence-electron chi connectivity index (χ0n) is 11.9. The van der Waals surface area contributed by atoms with Gasteiger partial charge in [0, 0.05) is 13.1 Å².